The molecule has 1 aromatic carbocycles. The number of hydrogen-bond donors (Lipinski definition) is 1. The fraction of sp³-hybridized carbons (Fsp3) is 0.462. The molecule has 0 radical (unpaired) electrons. The fourth-order valence-electron chi connectivity index (χ4n) is 1.79. The van der Waals surface area contributed by atoms with E-state index in [1.165, 1.54) is 6.92 Å². The van der Waals surface area contributed by atoms with E-state index in [1.807, 2.05) is 5.32 Å². The van der Waals surface area contributed by atoms with E-state index in [9.17, 15) is 26.7 Å². The van der Waals surface area contributed by atoms with Crippen molar-refractivity contribution in [1.82, 2.24) is 5.32 Å². The Hall–Kier alpha value is -1.70. The van der Waals surface area contributed by atoms with Crippen molar-refractivity contribution in [2.24, 2.45) is 0 Å². The van der Waals surface area contributed by atoms with Crippen LogP contribution < -0.4 is 5.32 Å². The van der Waals surface area contributed by atoms with Gasteiger partial charge in [-0.2, -0.15) is 13.2 Å². The summed E-state index contributed by atoms with van der Waals surface area (Å²) in [5, 5.41) is 1.88. The lowest BCUT2D eigenvalue weighted by molar-refractivity contribution is -0.153. The van der Waals surface area contributed by atoms with Crippen LogP contribution in [0.25, 0.3) is 0 Å². The van der Waals surface area contributed by atoms with Gasteiger partial charge in [-0.25, -0.2) is 13.6 Å². The number of carbonyl (C=O) groups is 1. The zero-order valence-corrected chi connectivity index (χ0v) is 11.6. The second-order valence-electron chi connectivity index (χ2n) is 4.67. The molecule has 21 heavy (non-hydrogen) atoms. The van der Waals surface area contributed by atoms with E-state index in [4.69, 9.17) is 0 Å². The number of alkyl halides is 3. The largest absolute Gasteiger partial charge is 0.467 e. The second-order valence-corrected chi connectivity index (χ2v) is 4.67. The Morgan fingerprint density at radius 3 is 2.29 bits per heavy atom. The zero-order valence-electron chi connectivity index (χ0n) is 11.6. The molecule has 0 saturated carbocycles. The number of carbonyl (C=O) groups excluding carboxylic acids is 1. The third-order valence-electron chi connectivity index (χ3n) is 3.02. The summed E-state index contributed by atoms with van der Waals surface area (Å²) in [6, 6.07) is 1.49. The molecule has 8 heteroatoms. The second kappa shape index (κ2) is 5.97. The lowest BCUT2D eigenvalue weighted by atomic mass is 9.90. The normalized spacial score (nSPS) is 14.7. The molecule has 0 heterocycles. The van der Waals surface area contributed by atoms with Crippen LogP contribution in [0, 0.1) is 18.6 Å². The molecule has 0 aliphatic carbocycles. The molecule has 1 rings (SSSR count). The lowest BCUT2D eigenvalue weighted by Crippen LogP contribution is -2.51. The van der Waals surface area contributed by atoms with Gasteiger partial charge in [-0.3, -0.25) is 5.32 Å². The van der Waals surface area contributed by atoms with Crippen molar-refractivity contribution >= 4 is 5.97 Å². The molecule has 0 fully saturated rings. The summed E-state index contributed by atoms with van der Waals surface area (Å²) in [6.45, 7) is 0.728. The highest BCUT2D eigenvalue weighted by molar-refractivity contribution is 5.82. The first-order valence-corrected chi connectivity index (χ1v) is 5.87. The molecule has 0 aromatic heterocycles. The highest BCUT2D eigenvalue weighted by Crippen LogP contribution is 2.28. The lowest BCUT2D eigenvalue weighted by Gasteiger charge is -2.29. The van der Waals surface area contributed by atoms with Crippen molar-refractivity contribution in [2.75, 3.05) is 13.7 Å². The monoisotopic (exact) mass is 311 g/mol. The van der Waals surface area contributed by atoms with Crippen LogP contribution in [0.3, 0.4) is 0 Å². The summed E-state index contributed by atoms with van der Waals surface area (Å²) >= 11 is 0. The Kier molecular flexibility index (Phi) is 4.93. The maximum absolute atomic E-state index is 13.9. The molecule has 0 saturated heterocycles. The molecular weight excluding hydrogens is 297 g/mol. The number of benzene rings is 1. The summed E-state index contributed by atoms with van der Waals surface area (Å²) < 4.78 is 68.9. The Bertz CT molecular complexity index is 544. The highest BCUT2D eigenvalue weighted by Gasteiger charge is 2.42. The Morgan fingerprint density at radius 2 is 1.81 bits per heavy atom. The summed E-state index contributed by atoms with van der Waals surface area (Å²) in [7, 11) is 0.943. The van der Waals surface area contributed by atoms with Gasteiger partial charge in [-0.05, 0) is 31.5 Å². The Labute approximate surface area is 118 Å². The van der Waals surface area contributed by atoms with E-state index >= 15 is 0 Å². The topological polar surface area (TPSA) is 38.3 Å². The van der Waals surface area contributed by atoms with Gasteiger partial charge < -0.3 is 4.74 Å². The van der Waals surface area contributed by atoms with Gasteiger partial charge in [0.05, 0.1) is 13.7 Å². The first-order chi connectivity index (χ1) is 9.51. The number of halogens is 5. The van der Waals surface area contributed by atoms with Gasteiger partial charge in [0.1, 0.15) is 17.2 Å². The van der Waals surface area contributed by atoms with Crippen LogP contribution in [-0.4, -0.2) is 25.8 Å². The number of nitrogens with one attached hydrogen (secondary N) is 1. The smallest absolute Gasteiger partial charge is 0.401 e. The van der Waals surface area contributed by atoms with E-state index in [2.05, 4.69) is 4.74 Å². The zero-order chi connectivity index (χ0) is 16.4. The summed E-state index contributed by atoms with van der Waals surface area (Å²) in [6.07, 6.45) is -4.63. The molecular formula is C13H14F5NO2. The average molecular weight is 311 g/mol. The number of aryl methyl sites for hydroxylation is 1. The van der Waals surface area contributed by atoms with Crippen LogP contribution in [0.5, 0.6) is 0 Å². The highest BCUT2D eigenvalue weighted by atomic mass is 19.4. The van der Waals surface area contributed by atoms with Crippen molar-refractivity contribution in [1.29, 1.82) is 0 Å². The fourth-order valence-corrected chi connectivity index (χ4v) is 1.79. The maximum Gasteiger partial charge on any atom is 0.401 e. The van der Waals surface area contributed by atoms with Crippen molar-refractivity contribution in [3.8, 4) is 0 Å². The van der Waals surface area contributed by atoms with Crippen molar-refractivity contribution in [3.05, 3.63) is 34.9 Å². The molecule has 0 aliphatic rings. The number of rotatable bonds is 4. The molecule has 1 aromatic rings. The van der Waals surface area contributed by atoms with E-state index in [1.54, 1.807) is 0 Å². The average Bonchev–Trinajstić information content (AvgIpc) is 2.38. The van der Waals surface area contributed by atoms with Gasteiger partial charge in [0.25, 0.3) is 0 Å². The van der Waals surface area contributed by atoms with Crippen molar-refractivity contribution < 1.29 is 31.5 Å². The Balaban J connectivity index is 3.31. The molecule has 1 atom stereocenters. The molecule has 0 amide bonds. The minimum atomic E-state index is -4.63. The van der Waals surface area contributed by atoms with Crippen LogP contribution in [0.4, 0.5) is 22.0 Å². The summed E-state index contributed by atoms with van der Waals surface area (Å²) in [4.78, 5) is 11.8. The molecule has 1 unspecified atom stereocenters. The molecule has 1 N–H and O–H groups in total. The van der Waals surface area contributed by atoms with Crippen LogP contribution in [0.2, 0.25) is 0 Å². The molecule has 0 aliphatic heterocycles. The van der Waals surface area contributed by atoms with Gasteiger partial charge in [-0.1, -0.05) is 0 Å². The number of esters is 1. The van der Waals surface area contributed by atoms with Crippen LogP contribution in [-0.2, 0) is 15.1 Å². The van der Waals surface area contributed by atoms with Crippen LogP contribution in [0.1, 0.15) is 18.1 Å². The third kappa shape index (κ3) is 3.90. The maximum atomic E-state index is 13.9. The van der Waals surface area contributed by atoms with Crippen molar-refractivity contribution in [3.63, 3.8) is 0 Å². The number of ether oxygens (including phenoxy) is 1. The predicted octanol–water partition coefficient (Wildman–Crippen LogP) is 2.81. The molecule has 118 valence electrons. The number of methoxy groups -OCH3 is 1. The van der Waals surface area contributed by atoms with E-state index < -0.39 is 41.4 Å². The van der Waals surface area contributed by atoms with E-state index in [0.717, 1.165) is 20.1 Å². The minimum Gasteiger partial charge on any atom is -0.467 e. The van der Waals surface area contributed by atoms with Gasteiger partial charge >= 0.3 is 12.1 Å². The van der Waals surface area contributed by atoms with Gasteiger partial charge in [0.15, 0.2) is 0 Å². The van der Waals surface area contributed by atoms with Gasteiger partial charge in [0.2, 0.25) is 0 Å². The van der Waals surface area contributed by atoms with Gasteiger partial charge in [-0.15, -0.1) is 0 Å². The first kappa shape index (κ1) is 17.4. The SMILES string of the molecule is COC(=O)C(C)(NCC(F)(F)F)c1cc(F)c(C)cc1F. The summed E-state index contributed by atoms with van der Waals surface area (Å²) in [5.41, 5.74) is -2.75. The first-order valence-electron chi connectivity index (χ1n) is 5.87. The molecule has 3 nitrogen and oxygen atoms in total. The van der Waals surface area contributed by atoms with Crippen molar-refractivity contribution in [2.45, 2.75) is 25.6 Å². The molecule has 0 bridgehead atoms. The Morgan fingerprint density at radius 1 is 1.24 bits per heavy atom. The predicted molar refractivity (Wildman–Crippen MR) is 64.5 cm³/mol. The van der Waals surface area contributed by atoms with Gasteiger partial charge in [0, 0.05) is 5.56 Å². The van der Waals surface area contributed by atoms with E-state index in [0.29, 0.717) is 6.07 Å². The minimum absolute atomic E-state index is 0.0284. The quantitative estimate of drug-likeness (QED) is 0.686. The van der Waals surface area contributed by atoms with E-state index in [-0.39, 0.29) is 5.56 Å². The molecule has 0 spiro atoms. The third-order valence-corrected chi connectivity index (χ3v) is 3.02. The number of hydrogen-bond acceptors (Lipinski definition) is 3. The van der Waals surface area contributed by atoms with Crippen LogP contribution >= 0.6 is 0 Å². The standard InChI is InChI=1S/C13H14F5NO2/c1-7-4-10(15)8(5-9(7)14)12(2,11(20)21-3)19-6-13(16,17)18/h4-5,19H,6H2,1-3H3. The van der Waals surface area contributed by atoms with Crippen LogP contribution in [0.15, 0.2) is 12.1 Å². The summed E-state index contributed by atoms with van der Waals surface area (Å²) in [5.74, 6) is -3.00.